The number of amides is 2. The molecule has 1 aromatic heterocycles. The van der Waals surface area contributed by atoms with Crippen molar-refractivity contribution in [2.24, 2.45) is 4.99 Å². The minimum atomic E-state index is -1.17. The van der Waals surface area contributed by atoms with Crippen LogP contribution in [0.25, 0.3) is 15.8 Å². The second-order valence-corrected chi connectivity index (χ2v) is 8.33. The normalized spacial score (nSPS) is 20.2. The first-order chi connectivity index (χ1) is 16.1. The molecule has 0 spiro atoms. The number of anilines is 1. The summed E-state index contributed by atoms with van der Waals surface area (Å²) in [6.07, 6.45) is 5.66. The molecule has 9 heteroatoms. The van der Waals surface area contributed by atoms with Crippen LogP contribution in [-0.4, -0.2) is 65.7 Å². The predicted octanol–water partition coefficient (Wildman–Crippen LogP) is 3.06. The lowest BCUT2D eigenvalue weighted by Crippen LogP contribution is -2.45. The summed E-state index contributed by atoms with van der Waals surface area (Å²) in [7, 11) is 0. The first-order valence-electron chi connectivity index (χ1n) is 11.2. The summed E-state index contributed by atoms with van der Waals surface area (Å²) < 4.78 is 5.36. The van der Waals surface area contributed by atoms with Gasteiger partial charge in [-0.15, -0.1) is 0 Å². The van der Waals surface area contributed by atoms with Gasteiger partial charge in [0.15, 0.2) is 6.07 Å². The Kier molecular flexibility index (Phi) is 6.89. The molecule has 0 saturated carbocycles. The molecule has 2 atom stereocenters. The number of benzene rings is 1. The molecule has 2 unspecified atom stereocenters. The van der Waals surface area contributed by atoms with Crippen LogP contribution in [-0.2, 0) is 9.59 Å². The third-order valence-electron chi connectivity index (χ3n) is 6.07. The van der Waals surface area contributed by atoms with E-state index in [1.54, 1.807) is 28.2 Å². The second kappa shape index (κ2) is 10.2. The van der Waals surface area contributed by atoms with Crippen molar-refractivity contribution in [3.63, 3.8) is 0 Å². The van der Waals surface area contributed by atoms with E-state index in [1.165, 1.54) is 0 Å². The van der Waals surface area contributed by atoms with Crippen molar-refractivity contribution in [3.05, 3.63) is 41.9 Å². The molecule has 0 bridgehead atoms. The van der Waals surface area contributed by atoms with E-state index >= 15 is 0 Å². The Bertz CT molecular complexity index is 1120. The Hall–Kier alpha value is -3.85. The third-order valence-corrected chi connectivity index (χ3v) is 6.07. The molecule has 9 nitrogen and oxygen atoms in total. The van der Waals surface area contributed by atoms with Crippen molar-refractivity contribution in [1.82, 2.24) is 9.80 Å². The SMILES string of the molecule is [C-]#[N+]C(C#N)C(=NC1CCCCN(CC(=O)N2CCCC2)C1=O)Nc1ccc2occc2c1. The summed E-state index contributed by atoms with van der Waals surface area (Å²) in [5.74, 6) is -0.124. The van der Waals surface area contributed by atoms with Crippen LogP contribution in [0.1, 0.15) is 32.1 Å². The molecule has 0 radical (unpaired) electrons. The highest BCUT2D eigenvalue weighted by atomic mass is 16.3. The standard InChI is InChI=1S/C24H26N6O3/c1-26-20(15-25)23(27-18-7-8-21-17(14-18)9-13-33-21)28-19-6-2-3-12-30(24(19)32)16-22(31)29-10-4-5-11-29/h7-9,13-14,19-20H,2-6,10-12,16H2,(H,27,28). The molecule has 170 valence electrons. The molecule has 4 rings (SSSR count). The van der Waals surface area contributed by atoms with Gasteiger partial charge in [-0.25, -0.2) is 6.57 Å². The summed E-state index contributed by atoms with van der Waals surface area (Å²) in [5.41, 5.74) is 1.37. The Morgan fingerprint density at radius 1 is 1.27 bits per heavy atom. The maximum absolute atomic E-state index is 13.3. The van der Waals surface area contributed by atoms with Gasteiger partial charge in [0.1, 0.15) is 11.6 Å². The van der Waals surface area contributed by atoms with Gasteiger partial charge >= 0.3 is 6.04 Å². The summed E-state index contributed by atoms with van der Waals surface area (Å²) in [5, 5.41) is 13.5. The fraction of sp³-hybridized carbons (Fsp3) is 0.458. The largest absolute Gasteiger partial charge is 0.464 e. The number of likely N-dealkylation sites (tertiary alicyclic amines) is 2. The lowest BCUT2D eigenvalue weighted by molar-refractivity contribution is -0.140. The topological polar surface area (TPSA) is 106 Å². The van der Waals surface area contributed by atoms with Gasteiger partial charge in [0, 0.05) is 30.7 Å². The van der Waals surface area contributed by atoms with E-state index in [2.05, 4.69) is 15.2 Å². The molecule has 2 aliphatic heterocycles. The first-order valence-corrected chi connectivity index (χ1v) is 11.2. The zero-order chi connectivity index (χ0) is 23.2. The number of nitrogens with one attached hydrogen (secondary N) is 1. The number of nitrogens with zero attached hydrogens (tertiary/aromatic N) is 5. The van der Waals surface area contributed by atoms with E-state index in [0.29, 0.717) is 18.7 Å². The lowest BCUT2D eigenvalue weighted by atomic mass is 10.1. The Morgan fingerprint density at radius 2 is 2.06 bits per heavy atom. The molecule has 2 amide bonds. The van der Waals surface area contributed by atoms with Gasteiger partial charge in [0.25, 0.3) is 0 Å². The van der Waals surface area contributed by atoms with Gasteiger partial charge in [0.05, 0.1) is 12.8 Å². The van der Waals surface area contributed by atoms with E-state index in [-0.39, 0.29) is 24.2 Å². The monoisotopic (exact) mass is 446 g/mol. The van der Waals surface area contributed by atoms with E-state index < -0.39 is 12.1 Å². The van der Waals surface area contributed by atoms with Crippen molar-refractivity contribution < 1.29 is 14.0 Å². The fourth-order valence-electron chi connectivity index (χ4n) is 4.27. The van der Waals surface area contributed by atoms with Crippen LogP contribution in [0, 0.1) is 17.9 Å². The maximum Gasteiger partial charge on any atom is 0.363 e. The Morgan fingerprint density at radius 3 is 2.82 bits per heavy atom. The van der Waals surface area contributed by atoms with Gasteiger partial charge in [-0.1, -0.05) is 0 Å². The highest BCUT2D eigenvalue weighted by molar-refractivity contribution is 6.04. The summed E-state index contributed by atoms with van der Waals surface area (Å²) in [6, 6.07) is 7.26. The lowest BCUT2D eigenvalue weighted by Gasteiger charge is -2.25. The quantitative estimate of drug-likeness (QED) is 0.432. The average molecular weight is 447 g/mol. The van der Waals surface area contributed by atoms with Crippen LogP contribution in [0.5, 0.6) is 0 Å². The molecular formula is C24H26N6O3. The van der Waals surface area contributed by atoms with Crippen molar-refractivity contribution in [2.75, 3.05) is 31.5 Å². The highest BCUT2D eigenvalue weighted by Gasteiger charge is 2.32. The number of furan rings is 1. The van der Waals surface area contributed by atoms with Gasteiger partial charge in [-0.05, 0) is 56.4 Å². The number of carbonyl (C=O) groups is 2. The van der Waals surface area contributed by atoms with Crippen molar-refractivity contribution in [1.29, 1.82) is 5.26 Å². The molecule has 2 aromatic rings. The van der Waals surface area contributed by atoms with E-state index in [9.17, 15) is 14.9 Å². The predicted molar refractivity (Wildman–Crippen MR) is 123 cm³/mol. The molecule has 0 aliphatic carbocycles. The first kappa shape index (κ1) is 22.3. The molecule has 2 fully saturated rings. The number of nitriles is 1. The number of rotatable bonds is 5. The van der Waals surface area contributed by atoms with Gasteiger partial charge in [0.2, 0.25) is 17.6 Å². The molecule has 1 N–H and O–H groups in total. The summed E-state index contributed by atoms with van der Waals surface area (Å²) >= 11 is 0. The molecule has 33 heavy (non-hydrogen) atoms. The zero-order valence-electron chi connectivity index (χ0n) is 18.4. The highest BCUT2D eigenvalue weighted by Crippen LogP contribution is 2.22. The molecule has 1 aromatic carbocycles. The molecule has 3 heterocycles. The van der Waals surface area contributed by atoms with E-state index in [0.717, 1.165) is 49.7 Å². The van der Waals surface area contributed by atoms with E-state index in [4.69, 9.17) is 11.0 Å². The number of aliphatic imine (C=N–C) groups is 1. The van der Waals surface area contributed by atoms with Crippen LogP contribution in [0.2, 0.25) is 0 Å². The number of amidine groups is 1. The number of carbonyl (C=O) groups excluding carboxylic acids is 2. The number of fused-ring (bicyclic) bond motifs is 1. The van der Waals surface area contributed by atoms with Crippen LogP contribution >= 0.6 is 0 Å². The maximum atomic E-state index is 13.3. The number of hydrogen-bond donors (Lipinski definition) is 1. The van der Waals surface area contributed by atoms with E-state index in [1.807, 2.05) is 18.2 Å². The van der Waals surface area contributed by atoms with Gasteiger partial charge in [-0.3, -0.25) is 19.4 Å². The van der Waals surface area contributed by atoms with Crippen LogP contribution in [0.3, 0.4) is 0 Å². The summed E-state index contributed by atoms with van der Waals surface area (Å²) in [4.78, 5) is 37.2. The van der Waals surface area contributed by atoms with Gasteiger partial charge in [-0.2, -0.15) is 5.26 Å². The number of hydrogen-bond acceptors (Lipinski definition) is 5. The molecule has 2 saturated heterocycles. The minimum Gasteiger partial charge on any atom is -0.464 e. The smallest absolute Gasteiger partial charge is 0.363 e. The van der Waals surface area contributed by atoms with Crippen LogP contribution in [0.15, 0.2) is 39.9 Å². The molecule has 2 aliphatic rings. The Labute approximate surface area is 192 Å². The van der Waals surface area contributed by atoms with Crippen LogP contribution in [0.4, 0.5) is 5.69 Å². The second-order valence-electron chi connectivity index (χ2n) is 8.33. The average Bonchev–Trinajstić information content (AvgIpc) is 3.49. The molecular weight excluding hydrogens is 420 g/mol. The minimum absolute atomic E-state index is 0.0340. The van der Waals surface area contributed by atoms with Crippen molar-refractivity contribution in [2.45, 2.75) is 44.2 Å². The van der Waals surface area contributed by atoms with Crippen molar-refractivity contribution in [3.8, 4) is 6.07 Å². The summed E-state index contributed by atoms with van der Waals surface area (Å²) in [6.45, 7) is 9.47. The van der Waals surface area contributed by atoms with Gasteiger partial charge < -0.3 is 19.5 Å². The fourth-order valence-corrected chi connectivity index (χ4v) is 4.27. The zero-order valence-corrected chi connectivity index (χ0v) is 18.4. The Balaban J connectivity index is 1.56. The van der Waals surface area contributed by atoms with Crippen LogP contribution < -0.4 is 5.32 Å². The third kappa shape index (κ3) is 5.15. The van der Waals surface area contributed by atoms with Crippen molar-refractivity contribution >= 4 is 34.3 Å².